The number of nitrogens with zero attached hydrogens (tertiary/aromatic N) is 3. The lowest BCUT2D eigenvalue weighted by atomic mass is 10.1. The first-order valence-corrected chi connectivity index (χ1v) is 5.39. The molecule has 0 aliphatic heterocycles. The van der Waals surface area contributed by atoms with E-state index in [0.717, 1.165) is 28.2 Å². The topological polar surface area (TPSA) is 51.8 Å². The summed E-state index contributed by atoms with van der Waals surface area (Å²) in [5.74, 6) is 1.44. The van der Waals surface area contributed by atoms with Crippen molar-refractivity contribution in [2.75, 3.05) is 0 Å². The molecule has 17 heavy (non-hydrogen) atoms. The molecule has 0 radical (unpaired) electrons. The number of aryl methyl sites for hydroxylation is 2. The third-order valence-corrected chi connectivity index (χ3v) is 2.57. The maximum atomic E-state index is 5.51. The van der Waals surface area contributed by atoms with Crippen molar-refractivity contribution < 1.29 is 4.42 Å². The molecule has 0 saturated heterocycles. The molecule has 0 aliphatic rings. The Labute approximate surface area is 98.4 Å². The van der Waals surface area contributed by atoms with Crippen molar-refractivity contribution in [3.63, 3.8) is 0 Å². The van der Waals surface area contributed by atoms with E-state index in [9.17, 15) is 0 Å². The summed E-state index contributed by atoms with van der Waals surface area (Å²) in [7, 11) is 0. The third-order valence-electron chi connectivity index (χ3n) is 2.57. The molecule has 0 N–H and O–H groups in total. The normalized spacial score (nSPS) is 10.9. The van der Waals surface area contributed by atoms with Crippen LogP contribution in [0.1, 0.15) is 11.7 Å². The Morgan fingerprint density at radius 1 is 1.06 bits per heavy atom. The monoisotopic (exact) mass is 225 g/mol. The molecule has 0 fully saturated rings. The molecule has 4 heteroatoms. The number of oxazole rings is 1. The number of hydrogen-bond donors (Lipinski definition) is 0. The van der Waals surface area contributed by atoms with Crippen LogP contribution in [0, 0.1) is 13.8 Å². The first-order valence-electron chi connectivity index (χ1n) is 5.39. The van der Waals surface area contributed by atoms with Crippen LogP contribution < -0.4 is 0 Å². The zero-order valence-electron chi connectivity index (χ0n) is 9.64. The predicted octanol–water partition coefficient (Wildman–Crippen LogP) is 2.90. The molecule has 0 amide bonds. The highest BCUT2D eigenvalue weighted by molar-refractivity contribution is 5.79. The second-order valence-corrected chi connectivity index (χ2v) is 3.90. The van der Waals surface area contributed by atoms with Gasteiger partial charge in [-0.15, -0.1) is 0 Å². The quantitative estimate of drug-likeness (QED) is 0.639. The number of aromatic nitrogens is 3. The number of rotatable bonds is 1. The minimum atomic E-state index is 0.677. The van der Waals surface area contributed by atoms with E-state index >= 15 is 0 Å². The zero-order chi connectivity index (χ0) is 11.8. The molecule has 0 aliphatic carbocycles. The fraction of sp³-hybridized carbons (Fsp3) is 0.154. The van der Waals surface area contributed by atoms with E-state index in [1.807, 2.05) is 38.1 Å². The molecule has 0 atom stereocenters. The van der Waals surface area contributed by atoms with E-state index in [-0.39, 0.29) is 0 Å². The number of hydrogen-bond acceptors (Lipinski definition) is 4. The summed E-state index contributed by atoms with van der Waals surface area (Å²) in [5.41, 5.74) is 3.57. The molecule has 2 heterocycles. The molecule has 1 aromatic carbocycles. The first-order chi connectivity index (χ1) is 8.22. The number of fused-ring (bicyclic) bond motifs is 1. The van der Waals surface area contributed by atoms with Crippen LogP contribution in [0.5, 0.6) is 0 Å². The molecule has 0 bridgehead atoms. The van der Waals surface area contributed by atoms with Crippen molar-refractivity contribution in [3.05, 3.63) is 42.2 Å². The summed E-state index contributed by atoms with van der Waals surface area (Å²) >= 11 is 0. The minimum absolute atomic E-state index is 0.677. The van der Waals surface area contributed by atoms with Crippen molar-refractivity contribution in [2.45, 2.75) is 13.8 Å². The average Bonchev–Trinajstić information content (AvgIpc) is 2.68. The summed E-state index contributed by atoms with van der Waals surface area (Å²) in [6.45, 7) is 3.72. The smallest absolute Gasteiger partial charge is 0.192 e. The van der Waals surface area contributed by atoms with E-state index < -0.39 is 0 Å². The minimum Gasteiger partial charge on any atom is -0.441 e. The SMILES string of the molecule is Cc1nccc(-c2ccc3nc(C)oc3c2)n1. The summed E-state index contributed by atoms with van der Waals surface area (Å²) in [4.78, 5) is 12.7. The number of benzene rings is 1. The molecule has 0 saturated carbocycles. The maximum absolute atomic E-state index is 5.51. The molecule has 0 unspecified atom stereocenters. The highest BCUT2D eigenvalue weighted by Crippen LogP contribution is 2.23. The molecule has 3 rings (SSSR count). The van der Waals surface area contributed by atoms with Crippen molar-refractivity contribution in [1.82, 2.24) is 15.0 Å². The van der Waals surface area contributed by atoms with Gasteiger partial charge in [-0.25, -0.2) is 15.0 Å². The Bertz CT molecular complexity index is 688. The van der Waals surface area contributed by atoms with E-state index in [0.29, 0.717) is 5.89 Å². The standard InChI is InChI=1S/C13H11N3O/c1-8-14-6-5-11(15-8)10-3-4-12-13(7-10)17-9(2)16-12/h3-7H,1-2H3. The second-order valence-electron chi connectivity index (χ2n) is 3.90. The van der Waals surface area contributed by atoms with Crippen LogP contribution >= 0.6 is 0 Å². The third kappa shape index (κ3) is 1.78. The van der Waals surface area contributed by atoms with Crippen LogP contribution in [-0.4, -0.2) is 15.0 Å². The Morgan fingerprint density at radius 3 is 2.76 bits per heavy atom. The van der Waals surface area contributed by atoms with Crippen molar-refractivity contribution >= 4 is 11.1 Å². The van der Waals surface area contributed by atoms with Crippen molar-refractivity contribution in [3.8, 4) is 11.3 Å². The Morgan fingerprint density at radius 2 is 1.94 bits per heavy atom. The molecule has 84 valence electrons. The molecule has 4 nitrogen and oxygen atoms in total. The average molecular weight is 225 g/mol. The van der Waals surface area contributed by atoms with Gasteiger partial charge < -0.3 is 4.42 Å². The second kappa shape index (κ2) is 3.66. The van der Waals surface area contributed by atoms with Gasteiger partial charge in [-0.1, -0.05) is 6.07 Å². The van der Waals surface area contributed by atoms with E-state index in [2.05, 4.69) is 15.0 Å². The van der Waals surface area contributed by atoms with Gasteiger partial charge >= 0.3 is 0 Å². The molecule has 0 spiro atoms. The van der Waals surface area contributed by atoms with Crippen LogP contribution in [0.3, 0.4) is 0 Å². The van der Waals surface area contributed by atoms with Crippen LogP contribution in [0.15, 0.2) is 34.9 Å². The van der Waals surface area contributed by atoms with Gasteiger partial charge in [0.1, 0.15) is 11.3 Å². The zero-order valence-corrected chi connectivity index (χ0v) is 9.64. The Hall–Kier alpha value is -2.23. The maximum Gasteiger partial charge on any atom is 0.192 e. The fourth-order valence-corrected chi connectivity index (χ4v) is 1.82. The van der Waals surface area contributed by atoms with Gasteiger partial charge in [0.05, 0.1) is 5.69 Å². The summed E-state index contributed by atoms with van der Waals surface area (Å²) < 4.78 is 5.51. The summed E-state index contributed by atoms with van der Waals surface area (Å²) in [6.07, 6.45) is 1.76. The van der Waals surface area contributed by atoms with Gasteiger partial charge in [0.15, 0.2) is 11.5 Å². The molecular weight excluding hydrogens is 214 g/mol. The predicted molar refractivity (Wildman–Crippen MR) is 64.5 cm³/mol. The van der Waals surface area contributed by atoms with Gasteiger partial charge in [0.2, 0.25) is 0 Å². The van der Waals surface area contributed by atoms with E-state index in [1.165, 1.54) is 0 Å². The fourth-order valence-electron chi connectivity index (χ4n) is 1.82. The lowest BCUT2D eigenvalue weighted by Crippen LogP contribution is -1.89. The van der Waals surface area contributed by atoms with Crippen molar-refractivity contribution in [2.24, 2.45) is 0 Å². The first kappa shape index (κ1) is 9.96. The highest BCUT2D eigenvalue weighted by Gasteiger charge is 2.05. The van der Waals surface area contributed by atoms with E-state index in [4.69, 9.17) is 4.42 Å². The van der Waals surface area contributed by atoms with Crippen LogP contribution in [0.4, 0.5) is 0 Å². The van der Waals surface area contributed by atoms with Gasteiger partial charge in [-0.2, -0.15) is 0 Å². The largest absolute Gasteiger partial charge is 0.441 e. The molecular formula is C13H11N3O. The highest BCUT2D eigenvalue weighted by atomic mass is 16.3. The summed E-state index contributed by atoms with van der Waals surface area (Å²) in [5, 5.41) is 0. The van der Waals surface area contributed by atoms with Gasteiger partial charge in [0.25, 0.3) is 0 Å². The Balaban J connectivity index is 2.17. The van der Waals surface area contributed by atoms with E-state index in [1.54, 1.807) is 6.20 Å². The summed E-state index contributed by atoms with van der Waals surface area (Å²) in [6, 6.07) is 7.78. The van der Waals surface area contributed by atoms with Crippen LogP contribution in [0.25, 0.3) is 22.4 Å². The van der Waals surface area contributed by atoms with Crippen LogP contribution in [0.2, 0.25) is 0 Å². The molecule has 2 aromatic heterocycles. The van der Waals surface area contributed by atoms with Crippen molar-refractivity contribution in [1.29, 1.82) is 0 Å². The lowest BCUT2D eigenvalue weighted by molar-refractivity contribution is 0.561. The van der Waals surface area contributed by atoms with Gasteiger partial charge in [0, 0.05) is 18.7 Å². The van der Waals surface area contributed by atoms with Gasteiger partial charge in [-0.3, -0.25) is 0 Å². The van der Waals surface area contributed by atoms with Crippen LogP contribution in [-0.2, 0) is 0 Å². The lowest BCUT2D eigenvalue weighted by Gasteiger charge is -2.00. The Kier molecular flexibility index (Phi) is 2.14. The van der Waals surface area contributed by atoms with Gasteiger partial charge in [-0.05, 0) is 25.1 Å². The molecule has 3 aromatic rings.